The van der Waals surface area contributed by atoms with Crippen LogP contribution in [0, 0.1) is 5.82 Å². The van der Waals surface area contributed by atoms with Crippen molar-refractivity contribution < 1.29 is 14.3 Å². The summed E-state index contributed by atoms with van der Waals surface area (Å²) in [5.41, 5.74) is 0.660. The summed E-state index contributed by atoms with van der Waals surface area (Å²) in [7, 11) is 0. The van der Waals surface area contributed by atoms with E-state index in [1.54, 1.807) is 12.1 Å². The molecule has 0 amide bonds. The van der Waals surface area contributed by atoms with E-state index in [1.807, 2.05) is 6.07 Å². The number of hydrogen-bond donors (Lipinski definition) is 2. The van der Waals surface area contributed by atoms with Gasteiger partial charge in [0, 0.05) is 6.54 Å². The highest BCUT2D eigenvalue weighted by Gasteiger charge is 2.11. The summed E-state index contributed by atoms with van der Waals surface area (Å²) >= 11 is 5.73. The SMILES string of the molecule is O=C(O)c1nc(NCCc2cccc(F)c2)ccc1Cl. The monoisotopic (exact) mass is 294 g/mol. The highest BCUT2D eigenvalue weighted by atomic mass is 35.5. The van der Waals surface area contributed by atoms with E-state index in [2.05, 4.69) is 10.3 Å². The van der Waals surface area contributed by atoms with Crippen molar-refractivity contribution >= 4 is 23.4 Å². The third kappa shape index (κ3) is 3.68. The minimum Gasteiger partial charge on any atom is -0.476 e. The second-order valence-electron chi connectivity index (χ2n) is 4.14. The second kappa shape index (κ2) is 6.34. The Morgan fingerprint density at radius 1 is 1.35 bits per heavy atom. The normalized spacial score (nSPS) is 10.3. The number of carboxylic acids is 1. The number of rotatable bonds is 5. The third-order valence-corrected chi connectivity index (χ3v) is 2.96. The number of aromatic nitrogens is 1. The molecule has 6 heteroatoms. The van der Waals surface area contributed by atoms with Gasteiger partial charge in [0.25, 0.3) is 0 Å². The van der Waals surface area contributed by atoms with Gasteiger partial charge in [-0.05, 0) is 36.2 Å². The predicted molar refractivity (Wildman–Crippen MR) is 74.8 cm³/mol. The zero-order valence-electron chi connectivity index (χ0n) is 10.4. The predicted octanol–water partition coefficient (Wildman–Crippen LogP) is 3.23. The quantitative estimate of drug-likeness (QED) is 0.889. The van der Waals surface area contributed by atoms with Gasteiger partial charge < -0.3 is 10.4 Å². The van der Waals surface area contributed by atoms with Gasteiger partial charge in [0.05, 0.1) is 5.02 Å². The Morgan fingerprint density at radius 2 is 2.15 bits per heavy atom. The summed E-state index contributed by atoms with van der Waals surface area (Å²) in [5, 5.41) is 12.0. The van der Waals surface area contributed by atoms with Crippen molar-refractivity contribution in [1.82, 2.24) is 4.98 Å². The lowest BCUT2D eigenvalue weighted by Crippen LogP contribution is -2.09. The van der Waals surface area contributed by atoms with Gasteiger partial charge in [0.2, 0.25) is 0 Å². The van der Waals surface area contributed by atoms with Crippen LogP contribution in [0.1, 0.15) is 16.1 Å². The van der Waals surface area contributed by atoms with E-state index < -0.39 is 5.97 Å². The zero-order chi connectivity index (χ0) is 14.5. The number of carboxylic acid groups (broad SMARTS) is 1. The molecule has 20 heavy (non-hydrogen) atoms. The van der Waals surface area contributed by atoms with Crippen molar-refractivity contribution in [3.8, 4) is 0 Å². The summed E-state index contributed by atoms with van der Waals surface area (Å²) < 4.78 is 13.0. The fourth-order valence-corrected chi connectivity index (χ4v) is 1.90. The number of nitrogens with one attached hydrogen (secondary N) is 1. The molecule has 0 fully saturated rings. The highest BCUT2D eigenvalue weighted by molar-refractivity contribution is 6.33. The van der Waals surface area contributed by atoms with Crippen LogP contribution in [0.5, 0.6) is 0 Å². The average Bonchev–Trinajstić information content (AvgIpc) is 2.40. The van der Waals surface area contributed by atoms with E-state index >= 15 is 0 Å². The van der Waals surface area contributed by atoms with Crippen LogP contribution in [-0.4, -0.2) is 22.6 Å². The molecule has 0 saturated carbocycles. The Labute approximate surface area is 120 Å². The molecule has 104 valence electrons. The lowest BCUT2D eigenvalue weighted by atomic mass is 10.1. The number of benzene rings is 1. The molecule has 0 aliphatic heterocycles. The van der Waals surface area contributed by atoms with Gasteiger partial charge in [0.15, 0.2) is 5.69 Å². The number of halogens is 2. The van der Waals surface area contributed by atoms with Crippen molar-refractivity contribution in [3.05, 3.63) is 58.5 Å². The van der Waals surface area contributed by atoms with E-state index in [0.717, 1.165) is 5.56 Å². The lowest BCUT2D eigenvalue weighted by molar-refractivity contribution is 0.0691. The molecule has 0 spiro atoms. The minimum absolute atomic E-state index is 0.0909. The van der Waals surface area contributed by atoms with Gasteiger partial charge in [-0.2, -0.15) is 0 Å². The molecule has 0 radical (unpaired) electrons. The summed E-state index contributed by atoms with van der Waals surface area (Å²) in [5.74, 6) is -1.03. The van der Waals surface area contributed by atoms with Crippen LogP contribution < -0.4 is 5.32 Å². The van der Waals surface area contributed by atoms with Crippen molar-refractivity contribution in [2.75, 3.05) is 11.9 Å². The molecule has 0 saturated heterocycles. The van der Waals surface area contributed by atoms with Crippen LogP contribution in [0.3, 0.4) is 0 Å². The van der Waals surface area contributed by atoms with Crippen molar-refractivity contribution in [3.63, 3.8) is 0 Å². The summed E-state index contributed by atoms with van der Waals surface area (Å²) in [6.45, 7) is 0.511. The second-order valence-corrected chi connectivity index (χ2v) is 4.55. The topological polar surface area (TPSA) is 62.2 Å². The summed E-state index contributed by atoms with van der Waals surface area (Å²) in [6.07, 6.45) is 0.602. The highest BCUT2D eigenvalue weighted by Crippen LogP contribution is 2.16. The molecular formula is C14H12ClFN2O2. The van der Waals surface area contributed by atoms with Gasteiger partial charge in [-0.1, -0.05) is 23.7 Å². The molecule has 0 aliphatic rings. The van der Waals surface area contributed by atoms with Gasteiger partial charge >= 0.3 is 5.97 Å². The van der Waals surface area contributed by atoms with Gasteiger partial charge in [-0.15, -0.1) is 0 Å². The molecule has 2 aromatic rings. The van der Waals surface area contributed by atoms with Crippen LogP contribution in [0.4, 0.5) is 10.2 Å². The Morgan fingerprint density at radius 3 is 2.85 bits per heavy atom. The molecular weight excluding hydrogens is 283 g/mol. The van der Waals surface area contributed by atoms with Gasteiger partial charge in [0.1, 0.15) is 11.6 Å². The maximum absolute atomic E-state index is 13.0. The molecule has 4 nitrogen and oxygen atoms in total. The van der Waals surface area contributed by atoms with E-state index in [1.165, 1.54) is 18.2 Å². The molecule has 2 N–H and O–H groups in total. The maximum Gasteiger partial charge on any atom is 0.356 e. The van der Waals surface area contributed by atoms with E-state index in [-0.39, 0.29) is 16.5 Å². The molecule has 1 heterocycles. The first-order chi connectivity index (χ1) is 9.56. The molecule has 0 bridgehead atoms. The van der Waals surface area contributed by atoms with Gasteiger partial charge in [-0.25, -0.2) is 14.2 Å². The fraction of sp³-hybridized carbons (Fsp3) is 0.143. The number of carbonyl (C=O) groups is 1. The number of anilines is 1. The Hall–Kier alpha value is -2.14. The number of nitrogens with zero attached hydrogens (tertiary/aromatic N) is 1. The largest absolute Gasteiger partial charge is 0.476 e. The standard InChI is InChI=1S/C14H12ClFN2O2/c15-11-4-5-12(18-13(11)14(19)20)17-7-6-9-2-1-3-10(16)8-9/h1-5,8H,6-7H2,(H,17,18)(H,19,20). The van der Waals surface area contributed by atoms with Crippen LogP contribution in [0.2, 0.25) is 5.02 Å². The van der Waals surface area contributed by atoms with Crippen LogP contribution in [0.15, 0.2) is 36.4 Å². The number of aromatic carboxylic acids is 1. The number of pyridine rings is 1. The first-order valence-electron chi connectivity index (χ1n) is 5.94. The maximum atomic E-state index is 13.0. The van der Waals surface area contributed by atoms with Crippen LogP contribution in [-0.2, 0) is 6.42 Å². The fourth-order valence-electron chi connectivity index (χ4n) is 1.72. The summed E-state index contributed by atoms with van der Waals surface area (Å²) in [6, 6.07) is 9.38. The van der Waals surface area contributed by atoms with Crippen LogP contribution in [0.25, 0.3) is 0 Å². The van der Waals surface area contributed by atoms with Crippen molar-refractivity contribution in [2.24, 2.45) is 0 Å². The molecule has 0 atom stereocenters. The molecule has 1 aromatic carbocycles. The van der Waals surface area contributed by atoms with E-state index in [4.69, 9.17) is 16.7 Å². The third-order valence-electron chi connectivity index (χ3n) is 2.66. The first-order valence-corrected chi connectivity index (χ1v) is 6.32. The Balaban J connectivity index is 1.97. The van der Waals surface area contributed by atoms with Gasteiger partial charge in [-0.3, -0.25) is 0 Å². The number of hydrogen-bond acceptors (Lipinski definition) is 3. The Kier molecular flexibility index (Phi) is 4.53. The Bertz CT molecular complexity index is 634. The van der Waals surface area contributed by atoms with Crippen LogP contribution >= 0.6 is 11.6 Å². The van der Waals surface area contributed by atoms with E-state index in [9.17, 15) is 9.18 Å². The smallest absolute Gasteiger partial charge is 0.356 e. The lowest BCUT2D eigenvalue weighted by Gasteiger charge is -2.07. The summed E-state index contributed by atoms with van der Waals surface area (Å²) in [4.78, 5) is 14.8. The first kappa shape index (κ1) is 14.3. The van der Waals surface area contributed by atoms with Crippen molar-refractivity contribution in [1.29, 1.82) is 0 Å². The molecule has 0 unspecified atom stereocenters. The minimum atomic E-state index is -1.18. The van der Waals surface area contributed by atoms with Crippen molar-refractivity contribution in [2.45, 2.75) is 6.42 Å². The molecule has 1 aromatic heterocycles. The molecule has 2 rings (SSSR count). The average molecular weight is 295 g/mol. The molecule has 0 aliphatic carbocycles. The van der Waals surface area contributed by atoms with E-state index in [0.29, 0.717) is 18.8 Å². The zero-order valence-corrected chi connectivity index (χ0v) is 11.2.